The molecule has 0 saturated carbocycles. The fraction of sp³-hybridized carbons (Fsp3) is 0.296. The molecule has 4 heterocycles. The first-order valence-corrected chi connectivity index (χ1v) is 12.0. The van der Waals surface area contributed by atoms with Crippen LogP contribution >= 0.6 is 0 Å². The lowest BCUT2D eigenvalue weighted by atomic mass is 9.96. The molecule has 2 amide bonds. The minimum absolute atomic E-state index is 0.0643. The Balaban J connectivity index is 1.38. The first-order valence-electron chi connectivity index (χ1n) is 12.0. The number of aromatic nitrogens is 3. The van der Waals surface area contributed by atoms with Gasteiger partial charge in [0.05, 0.1) is 16.9 Å². The number of fused-ring (bicyclic) bond motifs is 6. The van der Waals surface area contributed by atoms with Gasteiger partial charge in [-0.25, -0.2) is 0 Å². The summed E-state index contributed by atoms with van der Waals surface area (Å²) < 4.78 is 3.98. The normalized spacial score (nSPS) is 16.8. The molecule has 2 aliphatic heterocycles. The summed E-state index contributed by atoms with van der Waals surface area (Å²) in [5.41, 5.74) is 6.12. The van der Waals surface area contributed by atoms with Crippen molar-refractivity contribution in [2.24, 2.45) is 7.05 Å². The lowest BCUT2D eigenvalue weighted by Gasteiger charge is -2.46. The molecular weight excluding hydrogens is 440 g/mol. The van der Waals surface area contributed by atoms with Crippen molar-refractivity contribution in [3.63, 3.8) is 0 Å². The van der Waals surface area contributed by atoms with Crippen LogP contribution in [0.15, 0.2) is 54.6 Å². The molecule has 35 heavy (non-hydrogen) atoms. The average Bonchev–Trinajstić information content (AvgIpc) is 3.36. The number of hydrogen-bond donors (Lipinski definition) is 1. The predicted molar refractivity (Wildman–Crippen MR) is 135 cm³/mol. The zero-order chi connectivity index (χ0) is 24.3. The molecule has 2 aliphatic rings. The van der Waals surface area contributed by atoms with E-state index in [0.717, 1.165) is 34.6 Å². The van der Waals surface area contributed by atoms with E-state index in [2.05, 4.69) is 45.1 Å². The Morgan fingerprint density at radius 2 is 1.89 bits per heavy atom. The fourth-order valence-electron chi connectivity index (χ4n) is 5.59. The molecule has 2 aromatic carbocycles. The second kappa shape index (κ2) is 8.01. The van der Waals surface area contributed by atoms with Crippen molar-refractivity contribution in [2.75, 3.05) is 23.8 Å². The zero-order valence-electron chi connectivity index (χ0n) is 20.2. The van der Waals surface area contributed by atoms with Crippen molar-refractivity contribution in [3.05, 3.63) is 77.1 Å². The number of rotatable bonds is 4. The third-order valence-electron chi connectivity index (χ3n) is 7.35. The van der Waals surface area contributed by atoms with E-state index in [1.807, 2.05) is 55.3 Å². The molecule has 0 unspecified atom stereocenters. The van der Waals surface area contributed by atoms with Crippen LogP contribution in [0.2, 0.25) is 0 Å². The number of carbonyl (C=O) groups excluding carboxylic acids is 2. The van der Waals surface area contributed by atoms with E-state index in [4.69, 9.17) is 0 Å². The molecule has 8 nitrogen and oxygen atoms in total. The number of carbonyl (C=O) groups is 2. The van der Waals surface area contributed by atoms with E-state index in [0.29, 0.717) is 25.3 Å². The Bertz CT molecular complexity index is 1460. The molecule has 0 saturated heterocycles. The van der Waals surface area contributed by atoms with Crippen molar-refractivity contribution in [2.45, 2.75) is 32.5 Å². The van der Waals surface area contributed by atoms with Crippen LogP contribution in [0.3, 0.4) is 0 Å². The topological polar surface area (TPSA) is 75.4 Å². The van der Waals surface area contributed by atoms with E-state index in [-0.39, 0.29) is 18.0 Å². The molecule has 2 aromatic heterocycles. The number of para-hydroxylation sites is 2. The van der Waals surface area contributed by atoms with Gasteiger partial charge in [-0.15, -0.1) is 0 Å². The molecule has 178 valence electrons. The quantitative estimate of drug-likeness (QED) is 0.494. The van der Waals surface area contributed by atoms with E-state index < -0.39 is 0 Å². The number of benzene rings is 2. The van der Waals surface area contributed by atoms with Crippen LogP contribution in [0, 0.1) is 6.92 Å². The Morgan fingerprint density at radius 1 is 1.11 bits per heavy atom. The summed E-state index contributed by atoms with van der Waals surface area (Å²) in [6.07, 6.45) is 0.886. The van der Waals surface area contributed by atoms with Crippen molar-refractivity contribution in [1.29, 1.82) is 0 Å². The Kier molecular flexibility index (Phi) is 4.91. The monoisotopic (exact) mass is 468 g/mol. The highest BCUT2D eigenvalue weighted by molar-refractivity contribution is 6.02. The van der Waals surface area contributed by atoms with Gasteiger partial charge < -0.3 is 19.7 Å². The summed E-state index contributed by atoms with van der Waals surface area (Å²) in [5.74, 6) is 0.546. The van der Waals surface area contributed by atoms with Gasteiger partial charge >= 0.3 is 0 Å². The zero-order valence-corrected chi connectivity index (χ0v) is 20.2. The maximum Gasteiger partial charge on any atom is 0.257 e. The Morgan fingerprint density at radius 3 is 2.69 bits per heavy atom. The second-order valence-electron chi connectivity index (χ2n) is 9.38. The van der Waals surface area contributed by atoms with Crippen LogP contribution in [0.4, 0.5) is 11.5 Å². The molecule has 0 fully saturated rings. The van der Waals surface area contributed by atoms with Crippen LogP contribution in [-0.4, -0.2) is 44.7 Å². The van der Waals surface area contributed by atoms with Gasteiger partial charge in [0.2, 0.25) is 5.91 Å². The highest BCUT2D eigenvalue weighted by Gasteiger charge is 2.42. The number of amides is 2. The standard InChI is InChI=1S/C27H28N6O2/c1-17-16-23(29-31(17)3)28-24(34)13-15-32-22-11-7-4-8-18(22)19-12-14-33-26(25(19)32)30(2)21-10-6-5-9-20(21)27(33)35/h4-11,16,26H,12-15H2,1-3H3,(H,28,29,34)/t26-/m1/s1. The third-order valence-corrected chi connectivity index (χ3v) is 7.35. The van der Waals surface area contributed by atoms with E-state index >= 15 is 0 Å². The highest BCUT2D eigenvalue weighted by Crippen LogP contribution is 2.44. The number of nitrogens with zero attached hydrogens (tertiary/aromatic N) is 5. The highest BCUT2D eigenvalue weighted by atomic mass is 16.2. The van der Waals surface area contributed by atoms with Gasteiger partial charge in [-0.05, 0) is 37.1 Å². The largest absolute Gasteiger partial charge is 0.349 e. The molecular formula is C27H28N6O2. The molecule has 0 aliphatic carbocycles. The van der Waals surface area contributed by atoms with Crippen LogP contribution in [-0.2, 0) is 24.8 Å². The van der Waals surface area contributed by atoms with Crippen molar-refractivity contribution < 1.29 is 9.59 Å². The van der Waals surface area contributed by atoms with E-state index in [9.17, 15) is 9.59 Å². The molecule has 6 rings (SSSR count). The SMILES string of the molecule is Cc1cc(NC(=O)CCn2c3c(c4ccccc42)CCN2C(=O)c4ccccc4N(C)[C@@H]32)nn1C. The summed E-state index contributed by atoms with van der Waals surface area (Å²) in [5, 5.41) is 8.45. The minimum Gasteiger partial charge on any atom is -0.349 e. The molecule has 0 spiro atoms. The summed E-state index contributed by atoms with van der Waals surface area (Å²) in [6.45, 7) is 3.14. The third kappa shape index (κ3) is 3.31. The van der Waals surface area contributed by atoms with Gasteiger partial charge in [0.25, 0.3) is 5.91 Å². The summed E-state index contributed by atoms with van der Waals surface area (Å²) in [7, 11) is 3.91. The predicted octanol–water partition coefficient (Wildman–Crippen LogP) is 3.86. The van der Waals surface area contributed by atoms with Crippen LogP contribution < -0.4 is 10.2 Å². The maximum absolute atomic E-state index is 13.4. The van der Waals surface area contributed by atoms with Gasteiger partial charge in [0.15, 0.2) is 5.82 Å². The minimum atomic E-state index is -0.213. The molecule has 1 N–H and O–H groups in total. The molecule has 4 aromatic rings. The molecule has 0 radical (unpaired) electrons. The maximum atomic E-state index is 13.4. The van der Waals surface area contributed by atoms with Crippen molar-refractivity contribution >= 4 is 34.2 Å². The van der Waals surface area contributed by atoms with Crippen LogP contribution in [0.5, 0.6) is 0 Å². The van der Waals surface area contributed by atoms with Crippen molar-refractivity contribution in [3.8, 4) is 0 Å². The fourth-order valence-corrected chi connectivity index (χ4v) is 5.59. The first kappa shape index (κ1) is 21.5. The lowest BCUT2D eigenvalue weighted by molar-refractivity contribution is -0.116. The summed E-state index contributed by atoms with van der Waals surface area (Å²) in [6, 6.07) is 18.0. The van der Waals surface area contributed by atoms with Gasteiger partial charge in [-0.1, -0.05) is 30.3 Å². The number of aryl methyl sites for hydroxylation is 3. The second-order valence-corrected chi connectivity index (χ2v) is 9.38. The molecule has 1 atom stereocenters. The van der Waals surface area contributed by atoms with Gasteiger partial charge in [0, 0.05) is 56.3 Å². The van der Waals surface area contributed by atoms with E-state index in [1.165, 1.54) is 10.9 Å². The van der Waals surface area contributed by atoms with Gasteiger partial charge in [0.1, 0.15) is 6.17 Å². The van der Waals surface area contributed by atoms with Gasteiger partial charge in [-0.3, -0.25) is 14.3 Å². The summed E-state index contributed by atoms with van der Waals surface area (Å²) >= 11 is 0. The molecule has 8 heteroatoms. The Hall–Kier alpha value is -4.07. The van der Waals surface area contributed by atoms with Crippen LogP contribution in [0.1, 0.15) is 39.9 Å². The molecule has 0 bridgehead atoms. The number of hydrogen-bond acceptors (Lipinski definition) is 4. The lowest BCUT2D eigenvalue weighted by Crippen LogP contribution is -2.51. The average molecular weight is 469 g/mol. The summed E-state index contributed by atoms with van der Waals surface area (Å²) in [4.78, 5) is 30.5. The van der Waals surface area contributed by atoms with Crippen LogP contribution in [0.25, 0.3) is 10.9 Å². The number of anilines is 2. The number of nitrogens with one attached hydrogen (secondary N) is 1. The van der Waals surface area contributed by atoms with Crippen molar-refractivity contribution in [1.82, 2.24) is 19.2 Å². The smallest absolute Gasteiger partial charge is 0.257 e. The first-order chi connectivity index (χ1) is 16.9. The van der Waals surface area contributed by atoms with Gasteiger partial charge in [-0.2, -0.15) is 5.10 Å². The Labute approximate surface area is 203 Å². The van der Waals surface area contributed by atoms with E-state index in [1.54, 1.807) is 4.68 Å².